The fourth-order valence-corrected chi connectivity index (χ4v) is 0.959. The molecule has 0 aliphatic carbocycles. The van der Waals surface area contributed by atoms with Crippen LogP contribution in [0, 0.1) is 5.92 Å². The molecule has 0 saturated carbocycles. The molecule has 0 aromatic rings. The van der Waals surface area contributed by atoms with E-state index < -0.39 is 5.97 Å². The Morgan fingerprint density at radius 1 is 1.58 bits per heavy atom. The third-order valence-electron chi connectivity index (χ3n) is 1.65. The van der Waals surface area contributed by atoms with Gasteiger partial charge in [-0.05, 0) is 25.2 Å². The fraction of sp³-hybridized carbons (Fsp3) is 0.667. The SMILES string of the molecule is C[C@H](C/C=C/C(=O)O)CCCO. The number of allylic oxidation sites excluding steroid dienone is 1. The lowest BCUT2D eigenvalue weighted by molar-refractivity contribution is -0.131. The van der Waals surface area contributed by atoms with E-state index in [1.165, 1.54) is 0 Å². The van der Waals surface area contributed by atoms with Crippen molar-refractivity contribution >= 4 is 5.97 Å². The average molecular weight is 172 g/mol. The summed E-state index contributed by atoms with van der Waals surface area (Å²) in [5, 5.41) is 16.8. The predicted molar refractivity (Wildman–Crippen MR) is 46.9 cm³/mol. The molecule has 0 aromatic heterocycles. The highest BCUT2D eigenvalue weighted by molar-refractivity contribution is 5.79. The average Bonchev–Trinajstić information content (AvgIpc) is 2.00. The number of carboxylic acids is 1. The number of carboxylic acid groups (broad SMARTS) is 1. The Balaban J connectivity index is 3.42. The number of hydrogen-bond donors (Lipinski definition) is 2. The largest absolute Gasteiger partial charge is 0.478 e. The van der Waals surface area contributed by atoms with Crippen LogP contribution in [0.1, 0.15) is 26.2 Å². The number of aliphatic carboxylic acids is 1. The van der Waals surface area contributed by atoms with Crippen molar-refractivity contribution < 1.29 is 15.0 Å². The van der Waals surface area contributed by atoms with Crippen LogP contribution in [-0.4, -0.2) is 22.8 Å². The first-order valence-electron chi connectivity index (χ1n) is 4.17. The monoisotopic (exact) mass is 172 g/mol. The molecule has 2 N–H and O–H groups in total. The Kier molecular flexibility index (Phi) is 6.38. The molecular formula is C9H16O3. The Labute approximate surface area is 72.7 Å². The van der Waals surface area contributed by atoms with Gasteiger partial charge >= 0.3 is 5.97 Å². The Bertz CT molecular complexity index is 152. The second kappa shape index (κ2) is 6.85. The summed E-state index contributed by atoms with van der Waals surface area (Å²) in [6.07, 6.45) is 5.33. The van der Waals surface area contributed by atoms with Crippen molar-refractivity contribution in [3.8, 4) is 0 Å². The van der Waals surface area contributed by atoms with Gasteiger partial charge < -0.3 is 10.2 Å². The minimum Gasteiger partial charge on any atom is -0.478 e. The number of carbonyl (C=O) groups is 1. The molecule has 3 heteroatoms. The molecule has 0 heterocycles. The molecule has 1 atom stereocenters. The van der Waals surface area contributed by atoms with Crippen LogP contribution in [0.15, 0.2) is 12.2 Å². The molecule has 0 fully saturated rings. The summed E-state index contributed by atoms with van der Waals surface area (Å²) < 4.78 is 0. The summed E-state index contributed by atoms with van der Waals surface area (Å²) in [7, 11) is 0. The van der Waals surface area contributed by atoms with E-state index in [1.807, 2.05) is 6.92 Å². The van der Waals surface area contributed by atoms with Gasteiger partial charge in [0.15, 0.2) is 0 Å². The van der Waals surface area contributed by atoms with Crippen LogP contribution >= 0.6 is 0 Å². The van der Waals surface area contributed by atoms with Gasteiger partial charge in [-0.2, -0.15) is 0 Å². The number of aliphatic hydroxyl groups is 1. The zero-order chi connectivity index (χ0) is 9.40. The third-order valence-corrected chi connectivity index (χ3v) is 1.65. The van der Waals surface area contributed by atoms with Crippen LogP contribution in [0.5, 0.6) is 0 Å². The first-order chi connectivity index (χ1) is 5.66. The molecule has 0 saturated heterocycles. The maximum absolute atomic E-state index is 10.1. The lowest BCUT2D eigenvalue weighted by atomic mass is 10.0. The molecule has 0 aliphatic rings. The highest BCUT2D eigenvalue weighted by atomic mass is 16.4. The van der Waals surface area contributed by atoms with Gasteiger partial charge in [0, 0.05) is 12.7 Å². The summed E-state index contributed by atoms with van der Waals surface area (Å²) in [6, 6.07) is 0. The quantitative estimate of drug-likeness (QED) is 0.596. The van der Waals surface area contributed by atoms with Crippen molar-refractivity contribution in [3.63, 3.8) is 0 Å². The molecule has 0 aromatic carbocycles. The predicted octanol–water partition coefficient (Wildman–Crippen LogP) is 1.43. The number of aliphatic hydroxyl groups excluding tert-OH is 1. The van der Waals surface area contributed by atoms with Crippen LogP contribution in [-0.2, 0) is 4.79 Å². The fourth-order valence-electron chi connectivity index (χ4n) is 0.959. The highest BCUT2D eigenvalue weighted by Crippen LogP contribution is 2.09. The second-order valence-electron chi connectivity index (χ2n) is 2.95. The Morgan fingerprint density at radius 3 is 2.75 bits per heavy atom. The molecular weight excluding hydrogens is 156 g/mol. The number of hydrogen-bond acceptors (Lipinski definition) is 2. The normalized spacial score (nSPS) is 13.5. The van der Waals surface area contributed by atoms with E-state index in [2.05, 4.69) is 0 Å². The van der Waals surface area contributed by atoms with E-state index in [4.69, 9.17) is 10.2 Å². The molecule has 0 aliphatic heterocycles. The molecule has 3 nitrogen and oxygen atoms in total. The van der Waals surface area contributed by atoms with E-state index in [-0.39, 0.29) is 6.61 Å². The second-order valence-corrected chi connectivity index (χ2v) is 2.95. The third kappa shape index (κ3) is 7.28. The van der Waals surface area contributed by atoms with Crippen molar-refractivity contribution in [2.45, 2.75) is 26.2 Å². The van der Waals surface area contributed by atoms with E-state index >= 15 is 0 Å². The summed E-state index contributed by atoms with van der Waals surface area (Å²) in [5.74, 6) is -0.447. The molecule has 0 amide bonds. The molecule has 70 valence electrons. The lowest BCUT2D eigenvalue weighted by Gasteiger charge is -2.05. The van der Waals surface area contributed by atoms with Gasteiger partial charge in [-0.3, -0.25) is 0 Å². The summed E-state index contributed by atoms with van der Waals surface area (Å²) in [6.45, 7) is 2.26. The topological polar surface area (TPSA) is 57.5 Å². The maximum atomic E-state index is 10.1. The first-order valence-corrected chi connectivity index (χ1v) is 4.17. The molecule has 0 radical (unpaired) electrons. The first kappa shape index (κ1) is 11.2. The van der Waals surface area contributed by atoms with Gasteiger partial charge in [0.05, 0.1) is 0 Å². The Morgan fingerprint density at radius 2 is 2.25 bits per heavy atom. The lowest BCUT2D eigenvalue weighted by Crippen LogP contribution is -1.95. The van der Waals surface area contributed by atoms with Gasteiger partial charge in [0.2, 0.25) is 0 Å². The van der Waals surface area contributed by atoms with E-state index in [1.54, 1.807) is 6.08 Å². The Hall–Kier alpha value is -0.830. The van der Waals surface area contributed by atoms with Crippen molar-refractivity contribution in [3.05, 3.63) is 12.2 Å². The maximum Gasteiger partial charge on any atom is 0.327 e. The standard InChI is InChI=1S/C9H16O3/c1-8(5-3-7-10)4-2-6-9(11)12/h2,6,8,10H,3-5,7H2,1H3,(H,11,12)/b6-2+/t8-/m1/s1. The van der Waals surface area contributed by atoms with Crippen molar-refractivity contribution in [1.29, 1.82) is 0 Å². The molecule has 0 bridgehead atoms. The van der Waals surface area contributed by atoms with E-state index in [9.17, 15) is 4.79 Å². The highest BCUT2D eigenvalue weighted by Gasteiger charge is 1.98. The van der Waals surface area contributed by atoms with Crippen LogP contribution in [0.25, 0.3) is 0 Å². The van der Waals surface area contributed by atoms with Crippen molar-refractivity contribution in [2.24, 2.45) is 5.92 Å². The van der Waals surface area contributed by atoms with Gasteiger partial charge in [-0.25, -0.2) is 4.79 Å². The van der Waals surface area contributed by atoms with Crippen LogP contribution in [0.2, 0.25) is 0 Å². The van der Waals surface area contributed by atoms with Crippen molar-refractivity contribution in [1.82, 2.24) is 0 Å². The van der Waals surface area contributed by atoms with Crippen LogP contribution in [0.3, 0.4) is 0 Å². The van der Waals surface area contributed by atoms with Gasteiger partial charge in [0.1, 0.15) is 0 Å². The minimum atomic E-state index is -0.899. The summed E-state index contributed by atoms with van der Waals surface area (Å²) in [4.78, 5) is 10.1. The van der Waals surface area contributed by atoms with Crippen LogP contribution < -0.4 is 0 Å². The van der Waals surface area contributed by atoms with Gasteiger partial charge in [-0.15, -0.1) is 0 Å². The van der Waals surface area contributed by atoms with E-state index in [0.717, 1.165) is 25.3 Å². The van der Waals surface area contributed by atoms with Crippen molar-refractivity contribution in [2.75, 3.05) is 6.61 Å². The summed E-state index contributed by atoms with van der Waals surface area (Å²) in [5.41, 5.74) is 0. The molecule has 0 rings (SSSR count). The van der Waals surface area contributed by atoms with Gasteiger partial charge in [-0.1, -0.05) is 13.0 Å². The zero-order valence-corrected chi connectivity index (χ0v) is 7.36. The zero-order valence-electron chi connectivity index (χ0n) is 7.36. The molecule has 0 spiro atoms. The molecule has 12 heavy (non-hydrogen) atoms. The van der Waals surface area contributed by atoms with Crippen LogP contribution in [0.4, 0.5) is 0 Å². The smallest absolute Gasteiger partial charge is 0.327 e. The van der Waals surface area contributed by atoms with E-state index in [0.29, 0.717) is 5.92 Å². The minimum absolute atomic E-state index is 0.215. The van der Waals surface area contributed by atoms with Gasteiger partial charge in [0.25, 0.3) is 0 Å². The summed E-state index contributed by atoms with van der Waals surface area (Å²) >= 11 is 0. The molecule has 0 unspecified atom stereocenters. The number of rotatable bonds is 6.